The highest BCUT2D eigenvalue weighted by molar-refractivity contribution is 6.00. The van der Waals surface area contributed by atoms with Gasteiger partial charge in [0.05, 0.1) is 61.7 Å². The van der Waals surface area contributed by atoms with E-state index in [9.17, 15) is 166 Å². The first-order chi connectivity index (χ1) is 63.1. The molecule has 698 valence electrons. The average molecular weight is 1870 g/mol. The summed E-state index contributed by atoms with van der Waals surface area (Å²) in [5, 5.41) is 274. The highest BCUT2D eigenvalue weighted by atomic mass is 16.8. The summed E-state index contributed by atoms with van der Waals surface area (Å²) < 4.78 is 60.4. The number of benzene rings is 11. The van der Waals surface area contributed by atoms with Crippen LogP contribution < -0.4 is 29.0 Å². The van der Waals surface area contributed by atoms with Gasteiger partial charge in [-0.15, -0.1) is 0 Å². The Hall–Kier alpha value is -19.0. The molecule has 134 heavy (non-hydrogen) atoms. The van der Waals surface area contributed by atoms with E-state index in [0.29, 0.717) is 121 Å². The van der Waals surface area contributed by atoms with Gasteiger partial charge >= 0.3 is 59.7 Å². The topological polar surface area (TPSA) is 810 Å². The number of aliphatic hydroxyl groups is 1. The average Bonchev–Trinajstić information content (AvgIpc) is 0.762. The number of likely N-dealkylation sites (N-methyl/N-ethyl adjacent to an activating group) is 1. The molecule has 1 aliphatic heterocycles. The molecule has 7 atom stereocenters. The summed E-state index contributed by atoms with van der Waals surface area (Å²) in [6.45, 7) is 0.248. The van der Waals surface area contributed by atoms with Crippen molar-refractivity contribution in [3.05, 3.63) is 213 Å². The number of nitrogens with one attached hydrogen (secondary N) is 1. The minimum absolute atomic E-state index is 0.0902. The molecule has 48 nitrogen and oxygen atoms in total. The molecular weight excluding hydrogens is 1800 g/mol. The Kier molecular flexibility index (Phi) is 27.9. The van der Waals surface area contributed by atoms with Crippen LogP contribution in [0, 0.1) is 0 Å². The smallest absolute Gasteiger partial charge is 0.343 e. The Balaban J connectivity index is 0.00000133. The summed E-state index contributed by atoms with van der Waals surface area (Å²) >= 11 is 0. The first-order valence-corrected chi connectivity index (χ1v) is 37.3. The first-order valence-electron chi connectivity index (χ1n) is 37.3. The fraction of sp³-hybridized carbons (Fsp3) is 0.116. The monoisotopic (exact) mass is 1870 g/mol. The minimum Gasteiger partial charge on any atom is -0.504 e. The van der Waals surface area contributed by atoms with Crippen molar-refractivity contribution in [1.82, 2.24) is 5.32 Å². The highest BCUT2D eigenvalue weighted by Crippen LogP contribution is 2.48. The van der Waals surface area contributed by atoms with Crippen molar-refractivity contribution in [1.29, 1.82) is 0 Å². The zero-order valence-electron chi connectivity index (χ0n) is 67.4. The Morgan fingerprint density at radius 1 is 0.276 bits per heavy atom. The Morgan fingerprint density at radius 3 is 0.731 bits per heavy atom. The van der Waals surface area contributed by atoms with Crippen LogP contribution in [0.25, 0.3) is 0 Å². The lowest BCUT2D eigenvalue weighted by Crippen LogP contribution is -2.63. The number of phenols is 25. The molecule has 1 saturated heterocycles. The van der Waals surface area contributed by atoms with Gasteiger partial charge in [0.1, 0.15) is 12.7 Å². The van der Waals surface area contributed by atoms with E-state index >= 15 is 14.4 Å². The van der Waals surface area contributed by atoms with Crippen LogP contribution in [0.15, 0.2) is 152 Å². The number of carbonyl (C=O) groups is 10. The molecule has 0 radical (unpaired) electrons. The van der Waals surface area contributed by atoms with Crippen LogP contribution in [0.5, 0.6) is 172 Å². The number of hydrogen-bond donors (Lipinski definition) is 27. The maximum Gasteiger partial charge on any atom is 0.343 e. The SMILES string of the molecule is CN[C@@H](C)[C@H](O)c1ccccc1.O=C(OC[C@H]1O[C@@H](OC(=O)c2cc(O)c(O)c(OC(=O)c3cc(O)c(O)c(O)c3)c2)[C@H](OC(=O)c2cc(O)c(O)c(OC(=O)c3cc(O)c(O)c(O)c3)c2)[C@@H](OC(=O)c2cc(O)c(O)c(OC(=O)c3cc(O)c(O)c(O)c3)c2)[C@@H]1OC(=O)c1cc(O)c(O)c(OC(=O)c2cc(O)c(O)c(O)c2)c1)c1cc(O)c(O)c(OC(=O)c2cc(O)c(O)c(O)c2)c1. The van der Waals surface area contributed by atoms with Crippen LogP contribution in [0.2, 0.25) is 0 Å². The van der Waals surface area contributed by atoms with E-state index in [-0.39, 0.29) is 6.04 Å². The molecule has 1 aliphatic rings. The molecule has 0 aliphatic carbocycles. The van der Waals surface area contributed by atoms with E-state index in [4.69, 9.17) is 52.1 Å². The minimum atomic E-state index is -3.12. The number of carbonyl (C=O) groups excluding carboxylic acids is 10. The van der Waals surface area contributed by atoms with Crippen LogP contribution >= 0.6 is 0 Å². The lowest BCUT2D eigenvalue weighted by atomic mass is 9.97. The summed E-state index contributed by atoms with van der Waals surface area (Å²) in [6, 6.07) is 18.3. The summed E-state index contributed by atoms with van der Waals surface area (Å²) in [5.74, 6) is -56.0. The van der Waals surface area contributed by atoms with Gasteiger partial charge in [0.2, 0.25) is 41.1 Å². The maximum atomic E-state index is 15.3. The third-order valence-corrected chi connectivity index (χ3v) is 19.0. The number of hydrogen-bond acceptors (Lipinski definition) is 48. The molecule has 0 bridgehead atoms. The van der Waals surface area contributed by atoms with Crippen LogP contribution in [0.4, 0.5) is 0 Å². The molecule has 11 aromatic rings. The summed E-state index contributed by atoms with van der Waals surface area (Å²) in [6.07, 6.45) is -15.5. The summed E-state index contributed by atoms with van der Waals surface area (Å²) in [4.78, 5) is 142. The second-order valence-electron chi connectivity index (χ2n) is 28.1. The quantitative estimate of drug-likeness (QED) is 0.0139. The van der Waals surface area contributed by atoms with E-state index in [1.807, 2.05) is 44.3 Å². The van der Waals surface area contributed by atoms with Crippen LogP contribution in [0.1, 0.15) is 122 Å². The Bertz CT molecular complexity index is 6470. The van der Waals surface area contributed by atoms with E-state index in [0.717, 1.165) is 5.56 Å². The summed E-state index contributed by atoms with van der Waals surface area (Å²) in [7, 11) is 1.84. The lowest BCUT2D eigenvalue weighted by molar-refractivity contribution is -0.282. The largest absolute Gasteiger partial charge is 0.504 e. The second kappa shape index (κ2) is 39.1. The number of phenolic OH excluding ortho intramolecular Hbond substituents is 25. The molecule has 0 unspecified atom stereocenters. The van der Waals surface area contributed by atoms with E-state index in [1.54, 1.807) is 0 Å². The fourth-order valence-electron chi connectivity index (χ4n) is 11.9. The Labute approximate surface area is 743 Å². The van der Waals surface area contributed by atoms with Crippen molar-refractivity contribution in [2.75, 3.05) is 13.7 Å². The molecule has 0 aromatic heterocycles. The van der Waals surface area contributed by atoms with Crippen molar-refractivity contribution < 1.29 is 233 Å². The molecule has 0 saturated carbocycles. The molecule has 27 N–H and O–H groups in total. The highest BCUT2D eigenvalue weighted by Gasteiger charge is 2.55. The zero-order chi connectivity index (χ0) is 98.4. The van der Waals surface area contributed by atoms with Gasteiger partial charge < -0.3 is 190 Å². The van der Waals surface area contributed by atoms with Gasteiger partial charge in [-0.05, 0) is 141 Å². The second-order valence-corrected chi connectivity index (χ2v) is 28.1. The van der Waals surface area contributed by atoms with Crippen molar-refractivity contribution in [3.8, 4) is 172 Å². The molecule has 0 spiro atoms. The molecular formula is C86H67NO47. The lowest BCUT2D eigenvalue weighted by Gasteiger charge is -2.43. The zero-order valence-corrected chi connectivity index (χ0v) is 67.4. The van der Waals surface area contributed by atoms with E-state index in [2.05, 4.69) is 5.32 Å². The predicted molar refractivity (Wildman–Crippen MR) is 433 cm³/mol. The van der Waals surface area contributed by atoms with Crippen LogP contribution in [0.3, 0.4) is 0 Å². The molecule has 48 heteroatoms. The van der Waals surface area contributed by atoms with Gasteiger partial charge in [0.25, 0.3) is 0 Å². The molecule has 11 aromatic carbocycles. The molecule has 0 amide bonds. The van der Waals surface area contributed by atoms with Gasteiger partial charge in [-0.3, -0.25) is 0 Å². The van der Waals surface area contributed by atoms with E-state index < -0.39 is 331 Å². The number of aliphatic hydroxyl groups excluding tert-OH is 1. The third-order valence-electron chi connectivity index (χ3n) is 19.0. The fourth-order valence-corrected chi connectivity index (χ4v) is 11.9. The Morgan fingerprint density at radius 2 is 0.485 bits per heavy atom. The standard InChI is InChI=1S/C76H52O46.C10H15NO/c77-32-1-22(2-33(78)53(32)92)67(103)113-47-16-27(11-42(87)58(47)97)66(102)112-21-52-63(119-72(108)28-12-43(88)59(98)48(17-28)114-68(104)23-3-34(79)54(93)35(80)4-23)64(120-73(109)29-13-44(89)60(99)49(18-29)115-69(105)24-5-36(81)55(94)37(82)6-24)65(121-74(110)30-14-45(90)61(100)50(19-30)116-70(106)25-7-38(83)56(95)39(84)8-25)76(118-52)122-75(111)31-15-46(91)62(101)51(20-31)117-71(107)26-9-40(85)57(96)41(86)10-26;1-8(11-2)10(12)9-6-4-3-5-7-9/h1-20,52,63-65,76-101H,21H2;3-8,10-12H,1-2H3/t52-,63-,64+,65-,76+;8-,10-/m10/s1. The summed E-state index contributed by atoms with van der Waals surface area (Å²) in [5.41, 5.74) is -8.93. The van der Waals surface area contributed by atoms with Gasteiger partial charge in [-0.2, -0.15) is 0 Å². The van der Waals surface area contributed by atoms with Crippen molar-refractivity contribution in [2.24, 2.45) is 0 Å². The predicted octanol–water partition coefficient (Wildman–Crippen LogP) is 6.17. The molecule has 12 rings (SSSR count). The molecule has 1 fully saturated rings. The third kappa shape index (κ3) is 21.0. The number of esters is 10. The molecule has 1 heterocycles. The number of aromatic hydroxyl groups is 25. The van der Waals surface area contributed by atoms with Crippen molar-refractivity contribution in [2.45, 2.75) is 49.8 Å². The van der Waals surface area contributed by atoms with Crippen molar-refractivity contribution >= 4 is 59.7 Å². The van der Waals surface area contributed by atoms with Gasteiger partial charge in [0, 0.05) is 6.04 Å². The number of rotatable bonds is 24. The van der Waals surface area contributed by atoms with Gasteiger partial charge in [-0.1, -0.05) is 30.3 Å². The van der Waals surface area contributed by atoms with Crippen LogP contribution in [-0.4, -0.2) is 243 Å². The van der Waals surface area contributed by atoms with Gasteiger partial charge in [-0.25, -0.2) is 47.9 Å². The van der Waals surface area contributed by atoms with Gasteiger partial charge in [0.15, 0.2) is 156 Å². The normalized spacial score (nSPS) is 14.7. The van der Waals surface area contributed by atoms with E-state index in [1.165, 1.54) is 0 Å². The first kappa shape index (κ1) is 95.7. The van der Waals surface area contributed by atoms with Crippen LogP contribution in [-0.2, 0) is 28.4 Å². The number of ether oxygens (including phenoxy) is 11. The van der Waals surface area contributed by atoms with Crippen molar-refractivity contribution in [3.63, 3.8) is 0 Å². The maximum absolute atomic E-state index is 15.3.